The molecule has 4 heteroatoms. The van der Waals surface area contributed by atoms with Gasteiger partial charge in [0.15, 0.2) is 0 Å². The summed E-state index contributed by atoms with van der Waals surface area (Å²) in [5.74, 6) is 0.170. The van der Waals surface area contributed by atoms with E-state index in [4.69, 9.17) is 0 Å². The molecule has 0 atom stereocenters. The summed E-state index contributed by atoms with van der Waals surface area (Å²) in [4.78, 5) is 0. The molecule has 3 nitrogen and oxygen atoms in total. The Morgan fingerprint density at radius 2 is 2.36 bits per heavy atom. The molecule has 2 heterocycles. The summed E-state index contributed by atoms with van der Waals surface area (Å²) in [6.07, 6.45) is 1.56. The largest absolute Gasteiger partial charge is 0.493 e. The Kier molecular flexibility index (Phi) is 1.40. The molecular weight excluding hydrogens is 160 g/mol. The van der Waals surface area contributed by atoms with E-state index in [0.29, 0.717) is 0 Å². The molecule has 2 rings (SSSR count). The highest BCUT2D eigenvalue weighted by Gasteiger charge is 2.01. The van der Waals surface area contributed by atoms with Crippen LogP contribution in [-0.4, -0.2) is 14.9 Å². The first-order valence-corrected chi connectivity index (χ1v) is 4.08. The van der Waals surface area contributed by atoms with Gasteiger partial charge in [-0.1, -0.05) is 0 Å². The molecule has 2 aromatic heterocycles. The zero-order valence-electron chi connectivity index (χ0n) is 5.64. The van der Waals surface area contributed by atoms with E-state index >= 15 is 0 Å². The smallest absolute Gasteiger partial charge is 0.214 e. The van der Waals surface area contributed by atoms with Crippen LogP contribution in [0.2, 0.25) is 0 Å². The van der Waals surface area contributed by atoms with Crippen LogP contribution in [0.4, 0.5) is 0 Å². The highest BCUT2D eigenvalue weighted by molar-refractivity contribution is 7.08. The molecule has 11 heavy (non-hydrogen) atoms. The standard InChI is InChI=1S/C7H6N2OS/c10-7-1-3-8-9(7)6-2-4-11-5-6/h1-5,10H. The van der Waals surface area contributed by atoms with Gasteiger partial charge in [-0.15, -0.1) is 0 Å². The Bertz CT molecular complexity index is 339. The van der Waals surface area contributed by atoms with E-state index in [1.54, 1.807) is 23.6 Å². The summed E-state index contributed by atoms with van der Waals surface area (Å²) in [5, 5.41) is 17.0. The molecule has 0 radical (unpaired) electrons. The highest BCUT2D eigenvalue weighted by atomic mass is 32.1. The Morgan fingerprint density at radius 3 is 2.91 bits per heavy atom. The number of thiophene rings is 1. The second-order valence-electron chi connectivity index (χ2n) is 2.08. The van der Waals surface area contributed by atoms with Gasteiger partial charge in [-0.2, -0.15) is 16.4 Å². The minimum atomic E-state index is 0.170. The molecule has 0 aliphatic carbocycles. The molecule has 0 fully saturated rings. The Hall–Kier alpha value is -1.29. The van der Waals surface area contributed by atoms with Crippen molar-refractivity contribution in [3.8, 4) is 11.6 Å². The summed E-state index contributed by atoms with van der Waals surface area (Å²) in [6.45, 7) is 0. The molecule has 0 bridgehead atoms. The van der Waals surface area contributed by atoms with Crippen LogP contribution in [0.25, 0.3) is 5.69 Å². The van der Waals surface area contributed by atoms with Crippen LogP contribution in [-0.2, 0) is 0 Å². The molecule has 56 valence electrons. The second kappa shape index (κ2) is 2.39. The summed E-state index contributed by atoms with van der Waals surface area (Å²) in [6, 6.07) is 3.45. The lowest BCUT2D eigenvalue weighted by Gasteiger charge is -1.96. The topological polar surface area (TPSA) is 38.1 Å². The van der Waals surface area contributed by atoms with Gasteiger partial charge in [0.25, 0.3) is 0 Å². The third-order valence-corrected chi connectivity index (χ3v) is 2.04. The van der Waals surface area contributed by atoms with Crippen molar-refractivity contribution >= 4 is 11.3 Å². The molecule has 1 N–H and O–H groups in total. The van der Waals surface area contributed by atoms with Gasteiger partial charge in [0.1, 0.15) is 0 Å². The number of nitrogens with zero attached hydrogens (tertiary/aromatic N) is 2. The van der Waals surface area contributed by atoms with Gasteiger partial charge in [0.2, 0.25) is 5.88 Å². The highest BCUT2D eigenvalue weighted by Crippen LogP contribution is 2.16. The van der Waals surface area contributed by atoms with Gasteiger partial charge >= 0.3 is 0 Å². The van der Waals surface area contributed by atoms with Gasteiger partial charge in [-0.05, 0) is 11.4 Å². The average Bonchev–Trinajstić information content (AvgIpc) is 2.55. The first-order chi connectivity index (χ1) is 5.38. The Morgan fingerprint density at radius 1 is 1.45 bits per heavy atom. The fourth-order valence-electron chi connectivity index (χ4n) is 0.873. The van der Waals surface area contributed by atoms with Crippen molar-refractivity contribution in [2.24, 2.45) is 0 Å². The second-order valence-corrected chi connectivity index (χ2v) is 2.86. The Labute approximate surface area is 67.5 Å². The third kappa shape index (κ3) is 1.01. The lowest BCUT2D eigenvalue weighted by atomic mass is 10.5. The quantitative estimate of drug-likeness (QED) is 0.699. The lowest BCUT2D eigenvalue weighted by molar-refractivity contribution is 0.434. The van der Waals surface area contributed by atoms with E-state index in [9.17, 15) is 5.11 Å². The van der Waals surface area contributed by atoms with Crippen LogP contribution in [0.5, 0.6) is 5.88 Å². The number of rotatable bonds is 1. The maximum atomic E-state index is 9.23. The third-order valence-electron chi connectivity index (χ3n) is 1.37. The van der Waals surface area contributed by atoms with E-state index < -0.39 is 0 Å². The molecular formula is C7H6N2OS. The van der Waals surface area contributed by atoms with Crippen LogP contribution >= 0.6 is 11.3 Å². The van der Waals surface area contributed by atoms with Crippen molar-refractivity contribution in [1.82, 2.24) is 9.78 Å². The normalized spacial score (nSPS) is 10.2. The number of aromatic nitrogens is 2. The van der Waals surface area contributed by atoms with Gasteiger partial charge in [-0.25, -0.2) is 4.68 Å². The maximum absolute atomic E-state index is 9.23. The van der Waals surface area contributed by atoms with E-state index in [2.05, 4.69) is 5.10 Å². The summed E-state index contributed by atoms with van der Waals surface area (Å²) in [5.41, 5.74) is 0.900. The lowest BCUT2D eigenvalue weighted by Crippen LogP contribution is -1.91. The fourth-order valence-corrected chi connectivity index (χ4v) is 1.49. The predicted octanol–water partition coefficient (Wildman–Crippen LogP) is 1.64. The van der Waals surface area contributed by atoms with Crippen LogP contribution in [0.3, 0.4) is 0 Å². The SMILES string of the molecule is Oc1ccnn1-c1ccsc1. The van der Waals surface area contributed by atoms with Crippen molar-refractivity contribution in [1.29, 1.82) is 0 Å². The minimum Gasteiger partial charge on any atom is -0.493 e. The molecule has 0 spiro atoms. The summed E-state index contributed by atoms with van der Waals surface area (Å²) in [7, 11) is 0. The first-order valence-electron chi connectivity index (χ1n) is 3.13. The van der Waals surface area contributed by atoms with Crippen molar-refractivity contribution in [2.45, 2.75) is 0 Å². The molecule has 0 unspecified atom stereocenters. The minimum absolute atomic E-state index is 0.170. The average molecular weight is 166 g/mol. The van der Waals surface area contributed by atoms with E-state index in [0.717, 1.165) is 5.69 Å². The first kappa shape index (κ1) is 6.42. The van der Waals surface area contributed by atoms with Crippen molar-refractivity contribution < 1.29 is 5.11 Å². The molecule has 0 saturated heterocycles. The van der Waals surface area contributed by atoms with Gasteiger partial charge in [-0.3, -0.25) is 0 Å². The summed E-state index contributed by atoms with van der Waals surface area (Å²) < 4.78 is 1.48. The molecule has 0 amide bonds. The number of hydrogen-bond acceptors (Lipinski definition) is 3. The molecule has 0 aromatic carbocycles. The van der Waals surface area contributed by atoms with Crippen molar-refractivity contribution in [3.63, 3.8) is 0 Å². The Balaban J connectivity index is 2.53. The van der Waals surface area contributed by atoms with Crippen LogP contribution < -0.4 is 0 Å². The van der Waals surface area contributed by atoms with Crippen LogP contribution in [0.15, 0.2) is 29.1 Å². The monoisotopic (exact) mass is 166 g/mol. The van der Waals surface area contributed by atoms with Gasteiger partial charge in [0.05, 0.1) is 11.9 Å². The van der Waals surface area contributed by atoms with E-state index in [1.165, 1.54) is 4.68 Å². The molecule has 2 aromatic rings. The number of hydrogen-bond donors (Lipinski definition) is 1. The predicted molar refractivity (Wildman–Crippen MR) is 43.1 cm³/mol. The molecule has 0 saturated carbocycles. The molecule has 0 aliphatic heterocycles. The number of aromatic hydroxyl groups is 1. The van der Waals surface area contributed by atoms with Gasteiger partial charge in [0, 0.05) is 11.4 Å². The molecule has 0 aliphatic rings. The maximum Gasteiger partial charge on any atom is 0.214 e. The van der Waals surface area contributed by atoms with Crippen molar-refractivity contribution in [3.05, 3.63) is 29.1 Å². The van der Waals surface area contributed by atoms with E-state index in [-0.39, 0.29) is 5.88 Å². The van der Waals surface area contributed by atoms with Crippen LogP contribution in [0.1, 0.15) is 0 Å². The van der Waals surface area contributed by atoms with Crippen LogP contribution in [0, 0.1) is 0 Å². The fraction of sp³-hybridized carbons (Fsp3) is 0. The summed E-state index contributed by atoms with van der Waals surface area (Å²) >= 11 is 1.57. The van der Waals surface area contributed by atoms with Crippen molar-refractivity contribution in [2.75, 3.05) is 0 Å². The van der Waals surface area contributed by atoms with Gasteiger partial charge < -0.3 is 5.11 Å². The zero-order valence-corrected chi connectivity index (χ0v) is 6.45. The zero-order chi connectivity index (χ0) is 7.68. The van der Waals surface area contributed by atoms with E-state index in [1.807, 2.05) is 16.8 Å².